The minimum atomic E-state index is -0.261. The van der Waals surface area contributed by atoms with Gasteiger partial charge in [-0.1, -0.05) is 6.92 Å². The van der Waals surface area contributed by atoms with E-state index in [2.05, 4.69) is 16.5 Å². The highest BCUT2D eigenvalue weighted by Crippen LogP contribution is 2.31. The predicted octanol–water partition coefficient (Wildman–Crippen LogP) is 2.13. The van der Waals surface area contributed by atoms with Gasteiger partial charge in [0.1, 0.15) is 17.1 Å². The zero-order valence-corrected chi connectivity index (χ0v) is 13.4. The lowest BCUT2D eigenvalue weighted by molar-refractivity contribution is -0.117. The van der Waals surface area contributed by atoms with E-state index < -0.39 is 0 Å². The topological polar surface area (TPSA) is 74.0 Å². The number of amides is 1. The standard InChI is InChI=1S/C15H17N5OS/c1-3-11-13(9-19(2)18-11)17-12-4-6-20(14(12)21)15-10(8-16)5-7-22-15/h5,7,9,12,17H,3-4,6H2,1-2H3. The Morgan fingerprint density at radius 3 is 3.14 bits per heavy atom. The molecule has 0 aliphatic carbocycles. The number of carbonyl (C=O) groups is 1. The first-order chi connectivity index (χ1) is 10.6. The molecule has 0 saturated carbocycles. The number of hydrogen-bond acceptors (Lipinski definition) is 5. The van der Waals surface area contributed by atoms with E-state index in [1.165, 1.54) is 11.3 Å². The molecule has 6 nitrogen and oxygen atoms in total. The van der Waals surface area contributed by atoms with E-state index in [0.717, 1.165) is 29.2 Å². The Kier molecular flexibility index (Phi) is 3.86. The third kappa shape index (κ3) is 2.46. The molecule has 2 aromatic rings. The largest absolute Gasteiger partial charge is 0.371 e. The number of hydrogen-bond donors (Lipinski definition) is 1. The number of nitriles is 1. The molecule has 0 spiro atoms. The van der Waals surface area contributed by atoms with Gasteiger partial charge in [-0.2, -0.15) is 10.4 Å². The summed E-state index contributed by atoms with van der Waals surface area (Å²) >= 11 is 1.43. The molecule has 2 aromatic heterocycles. The average Bonchev–Trinajstić information content (AvgIpc) is 3.19. The molecule has 22 heavy (non-hydrogen) atoms. The lowest BCUT2D eigenvalue weighted by atomic mass is 10.2. The van der Waals surface area contributed by atoms with Crippen LogP contribution in [0.1, 0.15) is 24.6 Å². The molecule has 1 fully saturated rings. The molecule has 1 aliphatic rings. The highest BCUT2D eigenvalue weighted by molar-refractivity contribution is 7.14. The second-order valence-corrected chi connectivity index (χ2v) is 6.14. The second kappa shape index (κ2) is 5.81. The molecule has 1 saturated heterocycles. The summed E-state index contributed by atoms with van der Waals surface area (Å²) in [5, 5.41) is 19.4. The van der Waals surface area contributed by atoms with Gasteiger partial charge in [-0.05, 0) is 24.3 Å². The highest BCUT2D eigenvalue weighted by Gasteiger charge is 2.34. The molecule has 7 heteroatoms. The van der Waals surface area contributed by atoms with E-state index in [-0.39, 0.29) is 11.9 Å². The van der Waals surface area contributed by atoms with Crippen LogP contribution < -0.4 is 10.2 Å². The van der Waals surface area contributed by atoms with Crippen LogP contribution in [0.2, 0.25) is 0 Å². The fraction of sp³-hybridized carbons (Fsp3) is 0.400. The van der Waals surface area contributed by atoms with Gasteiger partial charge in [0.2, 0.25) is 5.91 Å². The molecule has 0 bridgehead atoms. The minimum absolute atomic E-state index is 0.0184. The number of aryl methyl sites for hydroxylation is 2. The molecule has 1 aliphatic heterocycles. The molecule has 1 atom stereocenters. The van der Waals surface area contributed by atoms with Gasteiger partial charge in [0.15, 0.2) is 0 Å². The van der Waals surface area contributed by atoms with Crippen molar-refractivity contribution in [2.45, 2.75) is 25.8 Å². The zero-order chi connectivity index (χ0) is 15.7. The highest BCUT2D eigenvalue weighted by atomic mass is 32.1. The quantitative estimate of drug-likeness (QED) is 0.938. The molecular weight excluding hydrogens is 298 g/mol. The molecule has 1 unspecified atom stereocenters. The Labute approximate surface area is 133 Å². The van der Waals surface area contributed by atoms with Crippen molar-refractivity contribution in [3.8, 4) is 6.07 Å². The number of carbonyl (C=O) groups excluding carboxylic acids is 1. The minimum Gasteiger partial charge on any atom is -0.371 e. The van der Waals surface area contributed by atoms with E-state index in [1.54, 1.807) is 15.6 Å². The molecule has 3 rings (SSSR count). The van der Waals surface area contributed by atoms with Gasteiger partial charge >= 0.3 is 0 Å². The van der Waals surface area contributed by atoms with E-state index in [0.29, 0.717) is 12.1 Å². The molecule has 0 aromatic carbocycles. The van der Waals surface area contributed by atoms with Crippen LogP contribution in [-0.4, -0.2) is 28.3 Å². The first-order valence-electron chi connectivity index (χ1n) is 7.22. The van der Waals surface area contributed by atoms with Gasteiger partial charge < -0.3 is 10.2 Å². The Bertz CT molecular complexity index is 741. The van der Waals surface area contributed by atoms with Crippen molar-refractivity contribution < 1.29 is 4.79 Å². The smallest absolute Gasteiger partial charge is 0.250 e. The summed E-state index contributed by atoms with van der Waals surface area (Å²) in [4.78, 5) is 14.3. The Balaban J connectivity index is 1.78. The fourth-order valence-corrected chi connectivity index (χ4v) is 3.60. The van der Waals surface area contributed by atoms with Crippen molar-refractivity contribution in [1.82, 2.24) is 9.78 Å². The number of anilines is 2. The summed E-state index contributed by atoms with van der Waals surface area (Å²) < 4.78 is 1.76. The summed E-state index contributed by atoms with van der Waals surface area (Å²) in [5.74, 6) is 0.0184. The first kappa shape index (κ1) is 14.6. The average molecular weight is 315 g/mol. The summed E-state index contributed by atoms with van der Waals surface area (Å²) in [6, 6.07) is 3.64. The summed E-state index contributed by atoms with van der Waals surface area (Å²) in [6.07, 6.45) is 3.44. The van der Waals surface area contributed by atoms with Gasteiger partial charge in [0, 0.05) is 19.8 Å². The van der Waals surface area contributed by atoms with Crippen molar-refractivity contribution >= 4 is 27.9 Å². The second-order valence-electron chi connectivity index (χ2n) is 5.24. The SMILES string of the molecule is CCc1nn(C)cc1NC1CCN(c2sccc2C#N)C1=O. The van der Waals surface area contributed by atoms with Gasteiger partial charge in [-0.25, -0.2) is 0 Å². The van der Waals surface area contributed by atoms with Crippen LogP contribution in [0.15, 0.2) is 17.6 Å². The Morgan fingerprint density at radius 2 is 2.41 bits per heavy atom. The van der Waals surface area contributed by atoms with E-state index in [4.69, 9.17) is 5.26 Å². The van der Waals surface area contributed by atoms with Crippen LogP contribution in [-0.2, 0) is 18.3 Å². The normalized spacial score (nSPS) is 17.8. The van der Waals surface area contributed by atoms with Gasteiger partial charge in [0.05, 0.1) is 16.9 Å². The lowest BCUT2D eigenvalue weighted by Crippen LogP contribution is -2.33. The third-order valence-electron chi connectivity index (χ3n) is 3.79. The van der Waals surface area contributed by atoms with Crippen molar-refractivity contribution in [3.05, 3.63) is 28.9 Å². The number of aromatic nitrogens is 2. The number of thiophene rings is 1. The fourth-order valence-electron chi connectivity index (χ4n) is 2.71. The molecule has 114 valence electrons. The van der Waals surface area contributed by atoms with Crippen LogP contribution >= 0.6 is 11.3 Å². The monoisotopic (exact) mass is 315 g/mol. The van der Waals surface area contributed by atoms with Crippen molar-refractivity contribution in [3.63, 3.8) is 0 Å². The van der Waals surface area contributed by atoms with Gasteiger partial charge in [-0.15, -0.1) is 11.3 Å². The Morgan fingerprint density at radius 1 is 1.59 bits per heavy atom. The number of rotatable bonds is 4. The molecule has 0 radical (unpaired) electrons. The summed E-state index contributed by atoms with van der Waals surface area (Å²) in [5.41, 5.74) is 2.44. The third-order valence-corrected chi connectivity index (χ3v) is 4.72. The van der Waals surface area contributed by atoms with Crippen molar-refractivity contribution in [2.24, 2.45) is 7.05 Å². The van der Waals surface area contributed by atoms with E-state index >= 15 is 0 Å². The maximum Gasteiger partial charge on any atom is 0.250 e. The van der Waals surface area contributed by atoms with Crippen molar-refractivity contribution in [1.29, 1.82) is 5.26 Å². The van der Waals surface area contributed by atoms with Gasteiger partial charge in [-0.3, -0.25) is 9.48 Å². The Hall–Kier alpha value is -2.33. The summed E-state index contributed by atoms with van der Waals surface area (Å²) in [7, 11) is 1.87. The number of nitrogens with zero attached hydrogens (tertiary/aromatic N) is 4. The maximum atomic E-state index is 12.6. The number of nitrogens with one attached hydrogen (secondary N) is 1. The van der Waals surface area contributed by atoms with Crippen molar-refractivity contribution in [2.75, 3.05) is 16.8 Å². The maximum absolute atomic E-state index is 12.6. The first-order valence-corrected chi connectivity index (χ1v) is 8.10. The summed E-state index contributed by atoms with van der Waals surface area (Å²) in [6.45, 7) is 2.68. The van der Waals surface area contributed by atoms with Crippen LogP contribution in [0.3, 0.4) is 0 Å². The molecule has 3 heterocycles. The van der Waals surface area contributed by atoms with Crippen LogP contribution in [0.25, 0.3) is 0 Å². The predicted molar refractivity (Wildman–Crippen MR) is 86.0 cm³/mol. The van der Waals surface area contributed by atoms with Crippen LogP contribution in [0.4, 0.5) is 10.7 Å². The molecular formula is C15H17N5OS. The van der Waals surface area contributed by atoms with Crippen LogP contribution in [0, 0.1) is 11.3 Å². The lowest BCUT2D eigenvalue weighted by Gasteiger charge is -2.16. The van der Waals surface area contributed by atoms with Gasteiger partial charge in [0.25, 0.3) is 0 Å². The molecule has 1 amide bonds. The van der Waals surface area contributed by atoms with E-state index in [1.807, 2.05) is 25.5 Å². The van der Waals surface area contributed by atoms with Crippen LogP contribution in [0.5, 0.6) is 0 Å². The zero-order valence-electron chi connectivity index (χ0n) is 12.5. The van der Waals surface area contributed by atoms with E-state index in [9.17, 15) is 4.79 Å². The molecule has 1 N–H and O–H groups in total.